The van der Waals surface area contributed by atoms with E-state index in [0.717, 1.165) is 48.3 Å². The molecule has 1 aromatic heterocycles. The molecule has 1 amide bonds. The number of fused-ring (bicyclic) bond motifs is 1. The second kappa shape index (κ2) is 11.0. The van der Waals surface area contributed by atoms with Crippen LogP contribution in [0.5, 0.6) is 0 Å². The van der Waals surface area contributed by atoms with Crippen molar-refractivity contribution in [3.05, 3.63) is 83.9 Å². The van der Waals surface area contributed by atoms with E-state index < -0.39 is 5.97 Å². The Morgan fingerprint density at radius 3 is 2.32 bits per heavy atom. The van der Waals surface area contributed by atoms with E-state index in [1.54, 1.807) is 12.1 Å². The van der Waals surface area contributed by atoms with Crippen molar-refractivity contribution in [2.24, 2.45) is 0 Å². The number of rotatable bonds is 8. The first kappa shape index (κ1) is 24.8. The number of carbonyl (C=O) groups is 2. The molecule has 5 rings (SSSR count). The van der Waals surface area contributed by atoms with E-state index in [1.807, 2.05) is 65.6 Å². The van der Waals surface area contributed by atoms with Gasteiger partial charge in [0.25, 0.3) is 5.91 Å². The Balaban J connectivity index is 1.51. The summed E-state index contributed by atoms with van der Waals surface area (Å²) in [5.74, 6) is -0.142. The molecule has 6 heteroatoms. The lowest BCUT2D eigenvalue weighted by Crippen LogP contribution is -2.31. The van der Waals surface area contributed by atoms with Crippen LogP contribution in [-0.2, 0) is 0 Å². The summed E-state index contributed by atoms with van der Waals surface area (Å²) in [6.07, 6.45) is 7.71. The molecule has 0 aliphatic heterocycles. The van der Waals surface area contributed by atoms with E-state index in [-0.39, 0.29) is 11.5 Å². The number of imidazole rings is 1. The molecular formula is C31H33N3O3. The molecule has 0 unspecified atom stereocenters. The summed E-state index contributed by atoms with van der Waals surface area (Å²) in [6.45, 7) is 2.80. The SMILES string of the molecule is CCCCN(C(=O)c1ccc(-c2nc3cc(C(=O)O)ccc3n2C2CCCCC2)cc1)c1ccccc1. The Bertz CT molecular complexity index is 1390. The number of para-hydroxylation sites is 1. The van der Waals surface area contributed by atoms with Gasteiger partial charge in [-0.25, -0.2) is 9.78 Å². The van der Waals surface area contributed by atoms with Crippen LogP contribution in [0.1, 0.15) is 78.6 Å². The molecule has 1 saturated carbocycles. The van der Waals surface area contributed by atoms with Gasteiger partial charge < -0.3 is 14.6 Å². The van der Waals surface area contributed by atoms with E-state index in [0.29, 0.717) is 23.7 Å². The number of aromatic nitrogens is 2. The van der Waals surface area contributed by atoms with Crippen LogP contribution in [0.4, 0.5) is 5.69 Å². The average molecular weight is 496 g/mol. The third-order valence-corrected chi connectivity index (χ3v) is 7.31. The minimum Gasteiger partial charge on any atom is -0.478 e. The molecule has 0 saturated heterocycles. The van der Waals surface area contributed by atoms with E-state index in [9.17, 15) is 14.7 Å². The number of hydrogen-bond donors (Lipinski definition) is 1. The second-order valence-electron chi connectivity index (χ2n) is 9.83. The quantitative estimate of drug-likeness (QED) is 0.277. The number of carbonyl (C=O) groups excluding carboxylic acids is 1. The number of carboxylic acids is 1. The van der Waals surface area contributed by atoms with Gasteiger partial charge in [-0.1, -0.05) is 62.9 Å². The highest BCUT2D eigenvalue weighted by Crippen LogP contribution is 2.36. The summed E-state index contributed by atoms with van der Waals surface area (Å²) in [6, 6.07) is 23.0. The van der Waals surface area contributed by atoms with Crippen LogP contribution >= 0.6 is 0 Å². The Hall–Kier alpha value is -3.93. The molecule has 6 nitrogen and oxygen atoms in total. The number of benzene rings is 3. The lowest BCUT2D eigenvalue weighted by molar-refractivity contribution is 0.0696. The van der Waals surface area contributed by atoms with Gasteiger partial charge >= 0.3 is 5.97 Å². The first-order valence-electron chi connectivity index (χ1n) is 13.3. The zero-order valence-electron chi connectivity index (χ0n) is 21.3. The molecular weight excluding hydrogens is 462 g/mol. The Labute approximate surface area is 217 Å². The lowest BCUT2D eigenvalue weighted by atomic mass is 9.94. The lowest BCUT2D eigenvalue weighted by Gasteiger charge is -2.26. The standard InChI is InChI=1S/C31H33N3O3/c1-2-3-20-33(25-10-6-4-7-11-25)30(35)23-16-14-22(15-17-23)29-32-27-21-24(31(36)37)18-19-28(27)34(29)26-12-8-5-9-13-26/h4,6-7,10-11,14-19,21,26H,2-3,5,8-9,12-13,20H2,1H3,(H,36,37). The summed E-state index contributed by atoms with van der Waals surface area (Å²) >= 11 is 0. The number of unbranched alkanes of at least 4 members (excludes halogenated alkanes) is 1. The zero-order chi connectivity index (χ0) is 25.8. The minimum atomic E-state index is -0.954. The number of carboxylic acid groups (broad SMARTS) is 1. The number of amides is 1. The molecule has 1 N–H and O–H groups in total. The van der Waals surface area contributed by atoms with Gasteiger partial charge in [-0.3, -0.25) is 4.79 Å². The van der Waals surface area contributed by atoms with Gasteiger partial charge in [0, 0.05) is 29.4 Å². The number of anilines is 1. The topological polar surface area (TPSA) is 75.4 Å². The second-order valence-corrected chi connectivity index (χ2v) is 9.83. The maximum atomic E-state index is 13.5. The molecule has 1 fully saturated rings. The predicted molar refractivity (Wildman–Crippen MR) is 147 cm³/mol. The highest BCUT2D eigenvalue weighted by molar-refractivity contribution is 6.06. The summed E-state index contributed by atoms with van der Waals surface area (Å²) in [7, 11) is 0. The molecule has 0 atom stereocenters. The largest absolute Gasteiger partial charge is 0.478 e. The van der Waals surface area contributed by atoms with Gasteiger partial charge in [0.05, 0.1) is 16.6 Å². The number of aromatic carboxylic acids is 1. The highest BCUT2D eigenvalue weighted by atomic mass is 16.4. The Morgan fingerprint density at radius 2 is 1.65 bits per heavy atom. The van der Waals surface area contributed by atoms with Gasteiger partial charge in [-0.05, 0) is 61.7 Å². The minimum absolute atomic E-state index is 0.0157. The molecule has 1 heterocycles. The van der Waals surface area contributed by atoms with Crippen LogP contribution in [0.25, 0.3) is 22.4 Å². The van der Waals surface area contributed by atoms with Crippen molar-refractivity contribution in [3.8, 4) is 11.4 Å². The summed E-state index contributed by atoms with van der Waals surface area (Å²) in [4.78, 5) is 31.8. The molecule has 0 spiro atoms. The van der Waals surface area contributed by atoms with Crippen LogP contribution in [-0.4, -0.2) is 33.1 Å². The highest BCUT2D eigenvalue weighted by Gasteiger charge is 2.24. The summed E-state index contributed by atoms with van der Waals surface area (Å²) in [5, 5.41) is 9.48. The number of nitrogens with zero attached hydrogens (tertiary/aromatic N) is 3. The molecule has 190 valence electrons. The van der Waals surface area contributed by atoms with Crippen LogP contribution in [0.3, 0.4) is 0 Å². The first-order chi connectivity index (χ1) is 18.1. The van der Waals surface area contributed by atoms with E-state index in [4.69, 9.17) is 4.98 Å². The van der Waals surface area contributed by atoms with Crippen molar-refractivity contribution in [2.75, 3.05) is 11.4 Å². The molecule has 1 aliphatic rings. The van der Waals surface area contributed by atoms with Crippen molar-refractivity contribution in [1.29, 1.82) is 0 Å². The van der Waals surface area contributed by atoms with Crippen molar-refractivity contribution >= 4 is 28.6 Å². The smallest absolute Gasteiger partial charge is 0.335 e. The third kappa shape index (κ3) is 5.15. The molecule has 37 heavy (non-hydrogen) atoms. The molecule has 4 aromatic rings. The zero-order valence-corrected chi connectivity index (χ0v) is 21.3. The number of hydrogen-bond acceptors (Lipinski definition) is 3. The molecule has 1 aliphatic carbocycles. The Morgan fingerprint density at radius 1 is 0.946 bits per heavy atom. The van der Waals surface area contributed by atoms with Crippen LogP contribution < -0.4 is 4.90 Å². The van der Waals surface area contributed by atoms with E-state index in [2.05, 4.69) is 11.5 Å². The van der Waals surface area contributed by atoms with E-state index in [1.165, 1.54) is 19.3 Å². The van der Waals surface area contributed by atoms with Gasteiger partial charge in [0.1, 0.15) is 5.82 Å². The fourth-order valence-corrected chi connectivity index (χ4v) is 5.33. The predicted octanol–water partition coefficient (Wildman–Crippen LogP) is 7.35. The monoisotopic (exact) mass is 495 g/mol. The van der Waals surface area contributed by atoms with Crippen LogP contribution in [0.2, 0.25) is 0 Å². The first-order valence-corrected chi connectivity index (χ1v) is 13.3. The van der Waals surface area contributed by atoms with Crippen molar-refractivity contribution in [1.82, 2.24) is 9.55 Å². The summed E-state index contributed by atoms with van der Waals surface area (Å²) in [5.41, 5.74) is 4.35. The van der Waals surface area contributed by atoms with Crippen molar-refractivity contribution in [2.45, 2.75) is 57.9 Å². The third-order valence-electron chi connectivity index (χ3n) is 7.31. The van der Waals surface area contributed by atoms with Crippen LogP contribution in [0.15, 0.2) is 72.8 Å². The maximum absolute atomic E-state index is 13.5. The normalized spacial score (nSPS) is 14.1. The van der Waals surface area contributed by atoms with Gasteiger partial charge in [0.2, 0.25) is 0 Å². The average Bonchev–Trinajstić information content (AvgIpc) is 3.33. The van der Waals surface area contributed by atoms with Crippen LogP contribution in [0, 0.1) is 0 Å². The van der Waals surface area contributed by atoms with Crippen molar-refractivity contribution < 1.29 is 14.7 Å². The summed E-state index contributed by atoms with van der Waals surface area (Å²) < 4.78 is 2.29. The van der Waals surface area contributed by atoms with Gasteiger partial charge in [-0.15, -0.1) is 0 Å². The van der Waals surface area contributed by atoms with Gasteiger partial charge in [0.15, 0.2) is 0 Å². The fraction of sp³-hybridized carbons (Fsp3) is 0.323. The van der Waals surface area contributed by atoms with Gasteiger partial charge in [-0.2, -0.15) is 0 Å². The molecule has 0 radical (unpaired) electrons. The Kier molecular flexibility index (Phi) is 7.35. The fourth-order valence-electron chi connectivity index (χ4n) is 5.33. The maximum Gasteiger partial charge on any atom is 0.335 e. The molecule has 0 bridgehead atoms. The van der Waals surface area contributed by atoms with Crippen molar-refractivity contribution in [3.63, 3.8) is 0 Å². The molecule has 3 aromatic carbocycles. The van der Waals surface area contributed by atoms with E-state index >= 15 is 0 Å².